The van der Waals surface area contributed by atoms with Gasteiger partial charge < -0.3 is 4.74 Å². The van der Waals surface area contributed by atoms with Crippen LogP contribution in [0.15, 0.2) is 0 Å². The largest absolute Gasteiger partial charge is 0.463 e. The lowest BCUT2D eigenvalue weighted by atomic mass is 9.99. The first-order valence-electron chi connectivity index (χ1n) is 6.02. The standard InChI is InChI=1S/C12H22O2S2/c1-10(2)14-11(13)6-4-5-7-12(3)8-9-15-16-12/h10H,4-9H2,1-3H3/t12-/m1/s1. The molecule has 0 unspecified atom stereocenters. The molecule has 0 spiro atoms. The van der Waals surface area contributed by atoms with Gasteiger partial charge in [-0.15, -0.1) is 0 Å². The number of esters is 1. The van der Waals surface area contributed by atoms with E-state index in [0.717, 1.165) is 12.8 Å². The molecule has 1 atom stereocenters. The average molecular weight is 262 g/mol. The zero-order chi connectivity index (χ0) is 12.0. The van der Waals surface area contributed by atoms with E-state index >= 15 is 0 Å². The molecule has 1 rings (SSSR count). The Morgan fingerprint density at radius 1 is 1.44 bits per heavy atom. The predicted molar refractivity (Wildman–Crippen MR) is 72.8 cm³/mol. The first-order valence-corrected chi connectivity index (χ1v) is 8.34. The Bertz CT molecular complexity index is 223. The Kier molecular flexibility index (Phi) is 6.05. The average Bonchev–Trinajstić information content (AvgIpc) is 2.59. The first kappa shape index (κ1) is 14.2. The van der Waals surface area contributed by atoms with Crippen LogP contribution in [0.1, 0.15) is 52.9 Å². The Morgan fingerprint density at radius 2 is 2.19 bits per heavy atom. The van der Waals surface area contributed by atoms with Crippen molar-refractivity contribution in [3.05, 3.63) is 0 Å². The highest BCUT2D eigenvalue weighted by Gasteiger charge is 2.29. The minimum absolute atomic E-state index is 0.0202. The maximum Gasteiger partial charge on any atom is 0.306 e. The van der Waals surface area contributed by atoms with Gasteiger partial charge in [-0.2, -0.15) is 0 Å². The number of carbonyl (C=O) groups is 1. The maximum atomic E-state index is 11.3. The van der Waals surface area contributed by atoms with Gasteiger partial charge in [-0.05, 0) is 40.0 Å². The van der Waals surface area contributed by atoms with Crippen molar-refractivity contribution in [2.24, 2.45) is 0 Å². The van der Waals surface area contributed by atoms with Gasteiger partial charge in [0.2, 0.25) is 0 Å². The summed E-state index contributed by atoms with van der Waals surface area (Å²) < 4.78 is 5.55. The van der Waals surface area contributed by atoms with Crippen molar-refractivity contribution in [1.82, 2.24) is 0 Å². The summed E-state index contributed by atoms with van der Waals surface area (Å²) in [7, 11) is 3.99. The predicted octanol–water partition coefficient (Wildman–Crippen LogP) is 4.04. The SMILES string of the molecule is CC(C)OC(=O)CCCC[C@]1(C)CCSS1. The molecule has 0 radical (unpaired) electrons. The van der Waals surface area contributed by atoms with E-state index in [-0.39, 0.29) is 12.1 Å². The summed E-state index contributed by atoms with van der Waals surface area (Å²) >= 11 is 0. The molecule has 1 heterocycles. The first-order chi connectivity index (χ1) is 7.52. The van der Waals surface area contributed by atoms with Crippen LogP contribution < -0.4 is 0 Å². The normalized spacial score (nSPS) is 25.0. The van der Waals surface area contributed by atoms with Crippen LogP contribution in [-0.2, 0) is 9.53 Å². The van der Waals surface area contributed by atoms with Crippen molar-refractivity contribution in [3.63, 3.8) is 0 Å². The highest BCUT2D eigenvalue weighted by Crippen LogP contribution is 2.49. The van der Waals surface area contributed by atoms with Crippen molar-refractivity contribution < 1.29 is 9.53 Å². The molecule has 0 aromatic carbocycles. The zero-order valence-electron chi connectivity index (χ0n) is 10.5. The summed E-state index contributed by atoms with van der Waals surface area (Å²) in [6.07, 6.45) is 5.22. The van der Waals surface area contributed by atoms with Gasteiger partial charge in [0.25, 0.3) is 0 Å². The summed E-state index contributed by atoms with van der Waals surface area (Å²) in [6.45, 7) is 6.13. The second-order valence-corrected chi connectivity index (χ2v) is 7.85. The monoisotopic (exact) mass is 262 g/mol. The van der Waals surface area contributed by atoms with Crippen LogP contribution in [0.2, 0.25) is 0 Å². The Morgan fingerprint density at radius 3 is 2.75 bits per heavy atom. The second kappa shape index (κ2) is 6.80. The second-order valence-electron chi connectivity index (χ2n) is 4.85. The van der Waals surface area contributed by atoms with E-state index in [1.807, 2.05) is 35.4 Å². The molecule has 1 aliphatic rings. The van der Waals surface area contributed by atoms with Gasteiger partial charge in [0.1, 0.15) is 0 Å². The van der Waals surface area contributed by atoms with Crippen molar-refractivity contribution in [3.8, 4) is 0 Å². The Balaban J connectivity index is 2.05. The number of unbranched alkanes of at least 4 members (excludes halogenated alkanes) is 1. The minimum atomic E-state index is -0.0476. The molecule has 0 aromatic heterocycles. The lowest BCUT2D eigenvalue weighted by Crippen LogP contribution is -2.16. The summed E-state index contributed by atoms with van der Waals surface area (Å²) in [5, 5.41) is 0. The van der Waals surface area contributed by atoms with E-state index in [2.05, 4.69) is 6.92 Å². The molecule has 16 heavy (non-hydrogen) atoms. The van der Waals surface area contributed by atoms with Crippen LogP contribution in [0.25, 0.3) is 0 Å². The molecule has 0 N–H and O–H groups in total. The highest BCUT2D eigenvalue weighted by atomic mass is 33.1. The number of ether oxygens (including phenoxy) is 1. The van der Waals surface area contributed by atoms with E-state index in [4.69, 9.17) is 4.74 Å². The molecule has 0 bridgehead atoms. The molecule has 94 valence electrons. The number of hydrogen-bond donors (Lipinski definition) is 0. The molecular formula is C12H22O2S2. The number of hydrogen-bond acceptors (Lipinski definition) is 4. The van der Waals surface area contributed by atoms with Crippen molar-refractivity contribution in [2.45, 2.75) is 63.7 Å². The van der Waals surface area contributed by atoms with Crippen LogP contribution in [-0.4, -0.2) is 22.6 Å². The third-order valence-electron chi connectivity index (χ3n) is 2.68. The van der Waals surface area contributed by atoms with E-state index in [0.29, 0.717) is 11.2 Å². The molecule has 0 aliphatic carbocycles. The van der Waals surface area contributed by atoms with E-state index in [1.165, 1.54) is 18.6 Å². The van der Waals surface area contributed by atoms with Crippen LogP contribution in [0.5, 0.6) is 0 Å². The van der Waals surface area contributed by atoms with Gasteiger partial charge in [0, 0.05) is 16.9 Å². The molecule has 1 fully saturated rings. The molecule has 1 aliphatic heterocycles. The lowest BCUT2D eigenvalue weighted by molar-refractivity contribution is -0.147. The van der Waals surface area contributed by atoms with Crippen molar-refractivity contribution in [1.29, 1.82) is 0 Å². The third kappa shape index (κ3) is 5.48. The molecule has 4 heteroatoms. The van der Waals surface area contributed by atoms with Crippen molar-refractivity contribution in [2.75, 3.05) is 5.75 Å². The number of carbonyl (C=O) groups excluding carboxylic acids is 1. The Labute approximate surface area is 107 Å². The molecule has 0 amide bonds. The van der Waals surface area contributed by atoms with Gasteiger partial charge in [-0.1, -0.05) is 28.0 Å². The van der Waals surface area contributed by atoms with Gasteiger partial charge in [0.05, 0.1) is 6.10 Å². The topological polar surface area (TPSA) is 26.3 Å². The minimum Gasteiger partial charge on any atom is -0.463 e. The zero-order valence-corrected chi connectivity index (χ0v) is 12.1. The molecule has 2 nitrogen and oxygen atoms in total. The fourth-order valence-corrected chi connectivity index (χ4v) is 5.04. The van der Waals surface area contributed by atoms with Crippen LogP contribution in [0.3, 0.4) is 0 Å². The Hall–Kier alpha value is 0.170. The van der Waals surface area contributed by atoms with E-state index in [9.17, 15) is 4.79 Å². The highest BCUT2D eigenvalue weighted by molar-refractivity contribution is 8.77. The third-order valence-corrected chi connectivity index (χ3v) is 6.04. The van der Waals surface area contributed by atoms with Crippen LogP contribution in [0.4, 0.5) is 0 Å². The van der Waals surface area contributed by atoms with Crippen LogP contribution in [0, 0.1) is 0 Å². The van der Waals surface area contributed by atoms with Gasteiger partial charge in [-0.3, -0.25) is 4.79 Å². The summed E-state index contributed by atoms with van der Waals surface area (Å²) in [6, 6.07) is 0. The van der Waals surface area contributed by atoms with Gasteiger partial charge in [0.15, 0.2) is 0 Å². The fourth-order valence-electron chi connectivity index (χ4n) is 1.74. The maximum absolute atomic E-state index is 11.3. The van der Waals surface area contributed by atoms with E-state index in [1.54, 1.807) is 0 Å². The van der Waals surface area contributed by atoms with Gasteiger partial charge >= 0.3 is 5.97 Å². The number of rotatable bonds is 6. The van der Waals surface area contributed by atoms with Crippen LogP contribution >= 0.6 is 21.6 Å². The summed E-state index contributed by atoms with van der Waals surface area (Å²) in [5.41, 5.74) is 0. The van der Waals surface area contributed by atoms with Gasteiger partial charge in [-0.25, -0.2) is 0 Å². The molecule has 1 saturated heterocycles. The van der Waals surface area contributed by atoms with Crippen molar-refractivity contribution >= 4 is 27.6 Å². The molecular weight excluding hydrogens is 240 g/mol. The van der Waals surface area contributed by atoms with E-state index < -0.39 is 0 Å². The quantitative estimate of drug-likeness (QED) is 0.410. The smallest absolute Gasteiger partial charge is 0.306 e. The molecule has 0 saturated carbocycles. The fraction of sp³-hybridized carbons (Fsp3) is 0.917. The lowest BCUT2D eigenvalue weighted by Gasteiger charge is -2.20. The summed E-state index contributed by atoms with van der Waals surface area (Å²) in [4.78, 5) is 11.3. The molecule has 0 aromatic rings. The summed E-state index contributed by atoms with van der Waals surface area (Å²) in [5.74, 6) is 1.23.